The van der Waals surface area contributed by atoms with E-state index in [0.29, 0.717) is 5.92 Å². The molecule has 2 aliphatic carbocycles. The van der Waals surface area contributed by atoms with Gasteiger partial charge in [-0.2, -0.15) is 0 Å². The van der Waals surface area contributed by atoms with Crippen LogP contribution in [-0.2, 0) is 0 Å². The molecule has 1 fully saturated rings. The third-order valence-electron chi connectivity index (χ3n) is 4.13. The molecule has 1 heteroatoms. The van der Waals surface area contributed by atoms with E-state index in [1.54, 1.807) is 0 Å². The fourth-order valence-electron chi connectivity index (χ4n) is 3.19. The first-order chi connectivity index (χ1) is 6.70. The molecule has 0 aromatic rings. The van der Waals surface area contributed by atoms with Gasteiger partial charge in [0.2, 0.25) is 0 Å². The molecule has 3 unspecified atom stereocenters. The summed E-state index contributed by atoms with van der Waals surface area (Å²) in [4.78, 5) is 0. The third kappa shape index (κ3) is 1.74. The molecule has 0 radical (unpaired) electrons. The Morgan fingerprint density at radius 1 is 1.29 bits per heavy atom. The SMILES string of the molecule is CC1=CCC(C)C(F)C1C1CCCC1. The summed E-state index contributed by atoms with van der Waals surface area (Å²) < 4.78 is 14.1. The van der Waals surface area contributed by atoms with Crippen LogP contribution in [0.4, 0.5) is 4.39 Å². The molecule has 2 rings (SSSR count). The second kappa shape index (κ2) is 4.04. The van der Waals surface area contributed by atoms with E-state index in [4.69, 9.17) is 0 Å². The normalized spacial score (nSPS) is 39.9. The zero-order valence-electron chi connectivity index (χ0n) is 9.30. The van der Waals surface area contributed by atoms with Crippen molar-refractivity contribution in [2.24, 2.45) is 17.8 Å². The molecule has 0 aromatic heterocycles. The van der Waals surface area contributed by atoms with Gasteiger partial charge in [-0.1, -0.05) is 31.4 Å². The predicted molar refractivity (Wildman–Crippen MR) is 57.9 cm³/mol. The average molecular weight is 196 g/mol. The number of hydrogen-bond donors (Lipinski definition) is 0. The highest BCUT2D eigenvalue weighted by Gasteiger charge is 2.37. The van der Waals surface area contributed by atoms with Crippen LogP contribution in [0.2, 0.25) is 0 Å². The molecular weight excluding hydrogens is 175 g/mol. The largest absolute Gasteiger partial charge is 0.247 e. The Kier molecular flexibility index (Phi) is 2.94. The standard InChI is InChI=1S/C13H21F/c1-9-7-8-10(2)13(14)12(9)11-5-3-4-6-11/h7,10-13H,3-6,8H2,1-2H3. The molecule has 0 aromatic carbocycles. The van der Waals surface area contributed by atoms with Gasteiger partial charge >= 0.3 is 0 Å². The molecule has 0 saturated heterocycles. The quantitative estimate of drug-likeness (QED) is 0.553. The van der Waals surface area contributed by atoms with Crippen molar-refractivity contribution in [3.05, 3.63) is 11.6 Å². The van der Waals surface area contributed by atoms with Crippen molar-refractivity contribution >= 4 is 0 Å². The van der Waals surface area contributed by atoms with E-state index in [-0.39, 0.29) is 11.8 Å². The Bertz CT molecular complexity index is 225. The van der Waals surface area contributed by atoms with Crippen LogP contribution in [-0.4, -0.2) is 6.17 Å². The van der Waals surface area contributed by atoms with Crippen molar-refractivity contribution < 1.29 is 4.39 Å². The molecule has 0 N–H and O–H groups in total. The summed E-state index contributed by atoms with van der Waals surface area (Å²) in [6.07, 6.45) is 7.76. The van der Waals surface area contributed by atoms with Crippen molar-refractivity contribution in [1.29, 1.82) is 0 Å². The van der Waals surface area contributed by atoms with E-state index in [0.717, 1.165) is 6.42 Å². The van der Waals surface area contributed by atoms with E-state index >= 15 is 0 Å². The number of alkyl halides is 1. The molecule has 1 saturated carbocycles. The van der Waals surface area contributed by atoms with Gasteiger partial charge in [0.25, 0.3) is 0 Å². The minimum atomic E-state index is -0.580. The summed E-state index contributed by atoms with van der Waals surface area (Å²) in [5.41, 5.74) is 1.32. The van der Waals surface area contributed by atoms with Gasteiger partial charge in [-0.3, -0.25) is 0 Å². The molecule has 0 bridgehead atoms. The van der Waals surface area contributed by atoms with Crippen LogP contribution >= 0.6 is 0 Å². The van der Waals surface area contributed by atoms with E-state index in [9.17, 15) is 4.39 Å². The molecule has 2 aliphatic rings. The van der Waals surface area contributed by atoms with Crippen molar-refractivity contribution in [3.63, 3.8) is 0 Å². The van der Waals surface area contributed by atoms with Gasteiger partial charge < -0.3 is 0 Å². The first kappa shape index (κ1) is 10.2. The second-order valence-corrected chi connectivity index (χ2v) is 5.18. The molecule has 3 atom stereocenters. The molecule has 0 amide bonds. The summed E-state index contributed by atoms with van der Waals surface area (Å²) in [5.74, 6) is 1.13. The second-order valence-electron chi connectivity index (χ2n) is 5.18. The van der Waals surface area contributed by atoms with Crippen molar-refractivity contribution in [3.8, 4) is 0 Å². The molecule has 0 spiro atoms. The molecule has 0 aliphatic heterocycles. The van der Waals surface area contributed by atoms with Crippen molar-refractivity contribution in [2.75, 3.05) is 0 Å². The van der Waals surface area contributed by atoms with Crippen LogP contribution in [0.5, 0.6) is 0 Å². The highest BCUT2D eigenvalue weighted by Crippen LogP contribution is 2.42. The van der Waals surface area contributed by atoms with E-state index in [1.165, 1.54) is 31.3 Å². The fourth-order valence-corrected chi connectivity index (χ4v) is 3.19. The Hall–Kier alpha value is -0.330. The van der Waals surface area contributed by atoms with E-state index < -0.39 is 6.17 Å². The molecule has 80 valence electrons. The van der Waals surface area contributed by atoms with E-state index in [1.807, 2.05) is 0 Å². The number of allylic oxidation sites excluding steroid dienone is 2. The lowest BCUT2D eigenvalue weighted by atomic mass is 9.73. The Morgan fingerprint density at radius 3 is 2.57 bits per heavy atom. The van der Waals surface area contributed by atoms with Crippen molar-refractivity contribution in [1.82, 2.24) is 0 Å². The minimum absolute atomic E-state index is 0.240. The monoisotopic (exact) mass is 196 g/mol. The summed E-state index contributed by atoms with van der Waals surface area (Å²) in [5, 5.41) is 0. The average Bonchev–Trinajstić information content (AvgIpc) is 2.65. The van der Waals surface area contributed by atoms with E-state index in [2.05, 4.69) is 19.9 Å². The molecule has 14 heavy (non-hydrogen) atoms. The smallest absolute Gasteiger partial charge is 0.110 e. The Morgan fingerprint density at radius 2 is 1.93 bits per heavy atom. The lowest BCUT2D eigenvalue weighted by molar-refractivity contribution is 0.127. The van der Waals surface area contributed by atoms with Crippen LogP contribution in [0.25, 0.3) is 0 Å². The Balaban J connectivity index is 2.13. The number of hydrogen-bond acceptors (Lipinski definition) is 0. The van der Waals surface area contributed by atoms with Gasteiger partial charge in [-0.15, -0.1) is 0 Å². The van der Waals surface area contributed by atoms with Gasteiger partial charge in [0.1, 0.15) is 6.17 Å². The van der Waals surface area contributed by atoms with Gasteiger partial charge in [-0.25, -0.2) is 4.39 Å². The summed E-state index contributed by atoms with van der Waals surface area (Å²) in [6.45, 7) is 4.18. The molecule has 0 nitrogen and oxygen atoms in total. The van der Waals surface area contributed by atoms with Crippen LogP contribution in [0.1, 0.15) is 46.0 Å². The lowest BCUT2D eigenvalue weighted by Gasteiger charge is -2.34. The molecular formula is C13H21F. The van der Waals surface area contributed by atoms with Crippen molar-refractivity contribution in [2.45, 2.75) is 52.1 Å². The highest BCUT2D eigenvalue weighted by atomic mass is 19.1. The number of rotatable bonds is 1. The topological polar surface area (TPSA) is 0 Å². The zero-order chi connectivity index (χ0) is 10.1. The first-order valence-electron chi connectivity index (χ1n) is 6.01. The van der Waals surface area contributed by atoms with Gasteiger partial charge in [0.05, 0.1) is 0 Å². The van der Waals surface area contributed by atoms with Crippen LogP contribution in [0, 0.1) is 17.8 Å². The van der Waals surface area contributed by atoms with Gasteiger partial charge in [-0.05, 0) is 38.0 Å². The maximum absolute atomic E-state index is 14.1. The lowest BCUT2D eigenvalue weighted by Crippen LogP contribution is -2.32. The summed E-state index contributed by atoms with van der Waals surface area (Å²) in [7, 11) is 0. The number of halogens is 1. The van der Waals surface area contributed by atoms with Crippen LogP contribution in [0.15, 0.2) is 11.6 Å². The fraction of sp³-hybridized carbons (Fsp3) is 0.846. The maximum atomic E-state index is 14.1. The zero-order valence-corrected chi connectivity index (χ0v) is 9.30. The van der Waals surface area contributed by atoms with Crippen LogP contribution < -0.4 is 0 Å². The van der Waals surface area contributed by atoms with Crippen LogP contribution in [0.3, 0.4) is 0 Å². The first-order valence-corrected chi connectivity index (χ1v) is 6.01. The molecule has 0 heterocycles. The Labute approximate surface area is 86.6 Å². The van der Waals surface area contributed by atoms with Gasteiger partial charge in [0, 0.05) is 5.92 Å². The summed E-state index contributed by atoms with van der Waals surface area (Å²) in [6, 6.07) is 0. The third-order valence-corrected chi connectivity index (χ3v) is 4.13. The summed E-state index contributed by atoms with van der Waals surface area (Å²) >= 11 is 0. The minimum Gasteiger partial charge on any atom is -0.247 e. The predicted octanol–water partition coefficient (Wildman–Crippen LogP) is 4.12. The van der Waals surface area contributed by atoms with Gasteiger partial charge in [0.15, 0.2) is 0 Å². The maximum Gasteiger partial charge on any atom is 0.110 e. The highest BCUT2D eigenvalue weighted by molar-refractivity contribution is 5.13.